The fourth-order valence-corrected chi connectivity index (χ4v) is 5.81. The number of benzene rings is 2. The normalized spacial score (nSPS) is 22.9. The summed E-state index contributed by atoms with van der Waals surface area (Å²) < 4.78 is 0. The predicted molar refractivity (Wildman–Crippen MR) is 159 cm³/mol. The molecule has 206 valence electrons. The Morgan fingerprint density at radius 3 is 2.50 bits per heavy atom. The Balaban J connectivity index is 1.40. The number of rotatable bonds is 8. The van der Waals surface area contributed by atoms with Gasteiger partial charge in [-0.3, -0.25) is 4.79 Å². The number of halogens is 2. The van der Waals surface area contributed by atoms with Gasteiger partial charge in [-0.1, -0.05) is 48.5 Å². The van der Waals surface area contributed by atoms with E-state index in [0.29, 0.717) is 46.7 Å². The average molecular weight is 559 g/mol. The summed E-state index contributed by atoms with van der Waals surface area (Å²) in [5, 5.41) is 15.3. The van der Waals surface area contributed by atoms with Crippen molar-refractivity contribution in [2.24, 2.45) is 0 Å². The van der Waals surface area contributed by atoms with Gasteiger partial charge in [-0.15, -0.1) is 0 Å². The third-order valence-electron chi connectivity index (χ3n) is 7.22. The third kappa shape index (κ3) is 8.63. The van der Waals surface area contributed by atoms with E-state index in [1.54, 1.807) is 6.07 Å². The van der Waals surface area contributed by atoms with Gasteiger partial charge in [-0.05, 0) is 87.7 Å². The first-order chi connectivity index (χ1) is 18.4. The van der Waals surface area contributed by atoms with E-state index >= 15 is 0 Å². The molecule has 2 saturated heterocycles. The minimum atomic E-state index is -0.0964. The molecule has 6 nitrogen and oxygen atoms in total. The van der Waals surface area contributed by atoms with Crippen molar-refractivity contribution in [1.29, 1.82) is 0 Å². The van der Waals surface area contributed by atoms with Gasteiger partial charge < -0.3 is 26.2 Å². The molecule has 1 amide bonds. The molecule has 38 heavy (non-hydrogen) atoms. The molecule has 2 fully saturated rings. The monoisotopic (exact) mass is 557 g/mol. The van der Waals surface area contributed by atoms with Crippen LogP contribution < -0.4 is 21.3 Å². The van der Waals surface area contributed by atoms with Gasteiger partial charge in [0.15, 0.2) is 0 Å². The molecule has 4 rings (SSSR count). The molecule has 0 bridgehead atoms. The SMILES string of the molecule is C[C@@H]1CN(C(=CC2CCCCCCN2)Nc2ccc(C(=O)NCCc3ccc(Cl)cc3Cl)cc2)C[C@H](C)N1. The van der Waals surface area contributed by atoms with Crippen LogP contribution in [0.2, 0.25) is 10.0 Å². The van der Waals surface area contributed by atoms with Crippen LogP contribution in [-0.2, 0) is 6.42 Å². The van der Waals surface area contributed by atoms with Gasteiger partial charge in [-0.2, -0.15) is 0 Å². The number of anilines is 1. The van der Waals surface area contributed by atoms with E-state index < -0.39 is 0 Å². The maximum absolute atomic E-state index is 12.7. The molecule has 3 atom stereocenters. The molecule has 2 aromatic rings. The van der Waals surface area contributed by atoms with Crippen LogP contribution in [-0.4, -0.2) is 55.1 Å². The first-order valence-electron chi connectivity index (χ1n) is 13.9. The molecule has 0 radical (unpaired) electrons. The zero-order valence-corrected chi connectivity index (χ0v) is 24.0. The minimum absolute atomic E-state index is 0.0964. The molecule has 2 heterocycles. The summed E-state index contributed by atoms with van der Waals surface area (Å²) >= 11 is 12.2. The van der Waals surface area contributed by atoms with Gasteiger partial charge in [0.05, 0.1) is 0 Å². The molecular formula is C30H41Cl2N5O. The maximum Gasteiger partial charge on any atom is 0.251 e. The number of carbonyl (C=O) groups excluding carboxylic acids is 1. The second-order valence-electron chi connectivity index (χ2n) is 10.6. The first-order valence-corrected chi connectivity index (χ1v) is 14.7. The van der Waals surface area contributed by atoms with Crippen LogP contribution >= 0.6 is 23.2 Å². The average Bonchev–Trinajstić information content (AvgIpc) is 2.86. The van der Waals surface area contributed by atoms with Crippen LogP contribution in [0.1, 0.15) is 61.9 Å². The number of hydrogen-bond donors (Lipinski definition) is 4. The Bertz CT molecular complexity index is 1070. The van der Waals surface area contributed by atoms with Gasteiger partial charge in [0.1, 0.15) is 5.82 Å². The van der Waals surface area contributed by atoms with Crippen molar-refractivity contribution in [3.63, 3.8) is 0 Å². The fourth-order valence-electron chi connectivity index (χ4n) is 5.30. The molecule has 2 aliphatic rings. The van der Waals surface area contributed by atoms with Gasteiger partial charge in [0, 0.05) is 59.1 Å². The van der Waals surface area contributed by atoms with Crippen molar-refractivity contribution in [2.45, 2.75) is 70.5 Å². The lowest BCUT2D eigenvalue weighted by molar-refractivity contribution is 0.0954. The molecule has 2 aromatic carbocycles. The summed E-state index contributed by atoms with van der Waals surface area (Å²) in [5.74, 6) is 1.04. The van der Waals surface area contributed by atoms with Crippen molar-refractivity contribution in [3.8, 4) is 0 Å². The Hall–Kier alpha value is -2.25. The van der Waals surface area contributed by atoms with E-state index in [4.69, 9.17) is 23.2 Å². The largest absolute Gasteiger partial charge is 0.355 e. The lowest BCUT2D eigenvalue weighted by Gasteiger charge is -2.39. The first kappa shape index (κ1) is 28.8. The number of nitrogens with one attached hydrogen (secondary N) is 4. The molecule has 2 aliphatic heterocycles. The number of piperazine rings is 1. The summed E-state index contributed by atoms with van der Waals surface area (Å²) in [7, 11) is 0. The van der Waals surface area contributed by atoms with E-state index in [1.807, 2.05) is 36.4 Å². The fraction of sp³-hybridized carbons (Fsp3) is 0.500. The molecule has 0 spiro atoms. The van der Waals surface area contributed by atoms with Crippen LogP contribution in [0.3, 0.4) is 0 Å². The Morgan fingerprint density at radius 1 is 1.03 bits per heavy atom. The van der Waals surface area contributed by atoms with Crippen molar-refractivity contribution in [2.75, 3.05) is 31.5 Å². The van der Waals surface area contributed by atoms with Crippen LogP contribution in [0.25, 0.3) is 0 Å². The van der Waals surface area contributed by atoms with Crippen LogP contribution in [0.4, 0.5) is 5.69 Å². The van der Waals surface area contributed by atoms with Gasteiger partial charge >= 0.3 is 0 Å². The summed E-state index contributed by atoms with van der Waals surface area (Å²) in [4.78, 5) is 15.2. The van der Waals surface area contributed by atoms with Crippen LogP contribution in [0.15, 0.2) is 54.4 Å². The molecule has 4 N–H and O–H groups in total. The van der Waals surface area contributed by atoms with Gasteiger partial charge in [0.2, 0.25) is 0 Å². The van der Waals surface area contributed by atoms with E-state index in [0.717, 1.165) is 43.1 Å². The van der Waals surface area contributed by atoms with Gasteiger partial charge in [0.25, 0.3) is 5.91 Å². The second-order valence-corrected chi connectivity index (χ2v) is 11.5. The number of amides is 1. The summed E-state index contributed by atoms with van der Waals surface area (Å²) in [6.07, 6.45) is 9.30. The van der Waals surface area contributed by atoms with Crippen molar-refractivity contribution in [1.82, 2.24) is 20.9 Å². The van der Waals surface area contributed by atoms with Crippen molar-refractivity contribution < 1.29 is 4.79 Å². The topological polar surface area (TPSA) is 68.4 Å². The molecule has 0 saturated carbocycles. The number of nitrogens with zero attached hydrogens (tertiary/aromatic N) is 1. The van der Waals surface area contributed by atoms with E-state index in [1.165, 1.54) is 25.7 Å². The van der Waals surface area contributed by atoms with Crippen molar-refractivity contribution >= 4 is 34.8 Å². The zero-order chi connectivity index (χ0) is 26.9. The van der Waals surface area contributed by atoms with Gasteiger partial charge in [-0.25, -0.2) is 0 Å². The Kier molecular flexibility index (Phi) is 10.8. The highest BCUT2D eigenvalue weighted by Gasteiger charge is 2.24. The lowest BCUT2D eigenvalue weighted by atomic mass is 10.0. The van der Waals surface area contributed by atoms with E-state index in [-0.39, 0.29) is 5.91 Å². The standard InChI is InChI=1S/C30H41Cl2N5O/c1-21-19-37(20-22(2)35-21)29(18-27-7-5-3-4-6-15-33-27)36-26-12-9-24(10-13-26)30(38)34-16-14-23-8-11-25(31)17-28(23)32/h8-13,17-18,21-22,27,33,35-36H,3-7,14-16,19-20H2,1-2H3,(H,34,38)/t21-,22+,27?. The number of carbonyl (C=O) groups is 1. The highest BCUT2D eigenvalue weighted by molar-refractivity contribution is 6.35. The Labute approximate surface area is 237 Å². The zero-order valence-electron chi connectivity index (χ0n) is 22.5. The third-order valence-corrected chi connectivity index (χ3v) is 7.81. The molecular weight excluding hydrogens is 517 g/mol. The summed E-state index contributed by atoms with van der Waals surface area (Å²) in [6, 6.07) is 14.4. The number of hydrogen-bond acceptors (Lipinski definition) is 5. The Morgan fingerprint density at radius 2 is 1.76 bits per heavy atom. The van der Waals surface area contributed by atoms with Crippen LogP contribution in [0, 0.1) is 0 Å². The molecule has 0 aliphatic carbocycles. The van der Waals surface area contributed by atoms with E-state index in [9.17, 15) is 4.79 Å². The molecule has 1 unspecified atom stereocenters. The van der Waals surface area contributed by atoms with Crippen LogP contribution in [0.5, 0.6) is 0 Å². The predicted octanol–water partition coefficient (Wildman–Crippen LogP) is 5.82. The van der Waals surface area contributed by atoms with E-state index in [2.05, 4.69) is 46.1 Å². The quantitative estimate of drug-likeness (QED) is 0.329. The highest BCUT2D eigenvalue weighted by atomic mass is 35.5. The molecule has 0 aromatic heterocycles. The second kappa shape index (κ2) is 14.2. The lowest BCUT2D eigenvalue weighted by Crippen LogP contribution is -2.54. The summed E-state index contributed by atoms with van der Waals surface area (Å²) in [6.45, 7) is 7.95. The summed E-state index contributed by atoms with van der Waals surface area (Å²) in [5.41, 5.74) is 2.57. The van der Waals surface area contributed by atoms with Crippen molar-refractivity contribution in [3.05, 3.63) is 75.5 Å². The smallest absolute Gasteiger partial charge is 0.251 e. The highest BCUT2D eigenvalue weighted by Crippen LogP contribution is 2.22. The maximum atomic E-state index is 12.7. The molecule has 8 heteroatoms. The minimum Gasteiger partial charge on any atom is -0.355 e.